The lowest BCUT2D eigenvalue weighted by Gasteiger charge is -1.87. The van der Waals surface area contributed by atoms with Crippen molar-refractivity contribution in [1.82, 2.24) is 9.55 Å². The van der Waals surface area contributed by atoms with Crippen LogP contribution >= 0.6 is 0 Å². The number of aromatic nitrogens is 2. The predicted octanol–water partition coefficient (Wildman–Crippen LogP) is -0.334. The Morgan fingerprint density at radius 1 is 1.60 bits per heavy atom. The first-order valence-corrected chi connectivity index (χ1v) is 2.43. The molecule has 1 aromatic heterocycles. The topological polar surface area (TPSA) is 91.4 Å². The second-order valence-corrected chi connectivity index (χ2v) is 1.55. The summed E-state index contributed by atoms with van der Waals surface area (Å²) in [5.74, 6) is 0.0408. The molecule has 0 aromatic carbocycles. The van der Waals surface area contributed by atoms with Gasteiger partial charge in [0.05, 0.1) is 6.20 Å². The van der Waals surface area contributed by atoms with Gasteiger partial charge in [-0.2, -0.15) is 10.5 Å². The van der Waals surface area contributed by atoms with Crippen LogP contribution in [0.5, 0.6) is 0 Å². The van der Waals surface area contributed by atoms with Crippen molar-refractivity contribution < 1.29 is 0 Å². The van der Waals surface area contributed by atoms with E-state index in [1.54, 1.807) is 12.3 Å². The lowest BCUT2D eigenvalue weighted by atomic mass is 10.5. The van der Waals surface area contributed by atoms with Gasteiger partial charge in [0.15, 0.2) is 11.9 Å². The van der Waals surface area contributed by atoms with Gasteiger partial charge in [0, 0.05) is 0 Å². The summed E-state index contributed by atoms with van der Waals surface area (Å²) in [6.07, 6.45) is 2.95. The number of rotatable bonds is 0. The molecule has 0 spiro atoms. The fourth-order valence-corrected chi connectivity index (χ4v) is 0.550. The largest absolute Gasteiger partial charge is 0.368 e. The molecule has 1 heterocycles. The number of imidazole rings is 1. The minimum Gasteiger partial charge on any atom is -0.368 e. The highest BCUT2D eigenvalue weighted by Gasteiger charge is 2.03. The Morgan fingerprint density at radius 3 is 2.70 bits per heavy atom. The van der Waals surface area contributed by atoms with Crippen LogP contribution in [0.3, 0.4) is 0 Å². The molecule has 2 N–H and O–H groups in total. The molecule has 0 saturated heterocycles. The summed E-state index contributed by atoms with van der Waals surface area (Å²) >= 11 is 0. The van der Waals surface area contributed by atoms with Crippen molar-refractivity contribution in [2.24, 2.45) is 0 Å². The molecule has 0 aliphatic carbocycles. The molecule has 0 radical (unpaired) electrons. The van der Waals surface area contributed by atoms with Gasteiger partial charge >= 0.3 is 0 Å². The van der Waals surface area contributed by atoms with E-state index in [-0.39, 0.29) is 11.6 Å². The lowest BCUT2D eigenvalue weighted by molar-refractivity contribution is 1.07. The van der Waals surface area contributed by atoms with Gasteiger partial charge in [-0.25, -0.2) is 9.55 Å². The van der Waals surface area contributed by atoms with Crippen molar-refractivity contribution in [3.63, 3.8) is 0 Å². The molecule has 5 nitrogen and oxygen atoms in total. The zero-order valence-electron chi connectivity index (χ0n) is 4.94. The monoisotopic (exact) mass is 133 g/mol. The average Bonchev–Trinajstić information content (AvgIpc) is 2.30. The smallest absolute Gasteiger partial charge is 0.215 e. The first kappa shape index (κ1) is 6.12. The van der Waals surface area contributed by atoms with Crippen LogP contribution in [0.1, 0.15) is 5.69 Å². The molecule has 0 bridgehead atoms. The molecule has 1 aromatic rings. The third-order valence-electron chi connectivity index (χ3n) is 1.00. The van der Waals surface area contributed by atoms with Crippen LogP contribution in [-0.2, 0) is 0 Å². The summed E-state index contributed by atoms with van der Waals surface area (Å²) in [4.78, 5) is 3.55. The van der Waals surface area contributed by atoms with Crippen molar-refractivity contribution in [3.05, 3.63) is 11.9 Å². The van der Waals surface area contributed by atoms with E-state index in [1.807, 2.05) is 0 Å². The molecular formula is C5H3N5. The number of hydrogen-bond acceptors (Lipinski definition) is 4. The van der Waals surface area contributed by atoms with Crippen molar-refractivity contribution in [1.29, 1.82) is 10.5 Å². The van der Waals surface area contributed by atoms with Gasteiger partial charge in [-0.15, -0.1) is 0 Å². The quantitative estimate of drug-likeness (QED) is 0.524. The Kier molecular flexibility index (Phi) is 1.27. The molecule has 5 heteroatoms. The van der Waals surface area contributed by atoms with Crippen LogP contribution in [0.25, 0.3) is 0 Å². The highest BCUT2D eigenvalue weighted by atomic mass is 15.1. The molecule has 0 fully saturated rings. The van der Waals surface area contributed by atoms with Crippen LogP contribution in [0.2, 0.25) is 0 Å². The Hall–Kier alpha value is -2.01. The third kappa shape index (κ3) is 0.664. The molecule has 48 valence electrons. The molecule has 0 atom stereocenters. The predicted molar refractivity (Wildman–Crippen MR) is 32.4 cm³/mol. The lowest BCUT2D eigenvalue weighted by Crippen LogP contribution is -1.98. The summed E-state index contributed by atoms with van der Waals surface area (Å²) in [6.45, 7) is 0. The average molecular weight is 133 g/mol. The van der Waals surface area contributed by atoms with E-state index in [2.05, 4.69) is 4.98 Å². The van der Waals surface area contributed by atoms with E-state index in [4.69, 9.17) is 16.3 Å². The van der Waals surface area contributed by atoms with Crippen LogP contribution < -0.4 is 5.73 Å². The highest BCUT2D eigenvalue weighted by molar-refractivity contribution is 5.33. The number of hydrogen-bond donors (Lipinski definition) is 1. The Balaban J connectivity index is 3.34. The molecule has 1 rings (SSSR count). The number of nitrogens with zero attached hydrogens (tertiary/aromatic N) is 4. The van der Waals surface area contributed by atoms with Crippen LogP contribution in [0.15, 0.2) is 6.20 Å². The summed E-state index contributed by atoms with van der Waals surface area (Å²) in [7, 11) is 0. The van der Waals surface area contributed by atoms with E-state index in [1.165, 1.54) is 6.20 Å². The summed E-state index contributed by atoms with van der Waals surface area (Å²) < 4.78 is 0.958. The number of anilines is 1. The zero-order valence-corrected chi connectivity index (χ0v) is 4.94. The second kappa shape index (κ2) is 2.08. The fraction of sp³-hybridized carbons (Fsp3) is 0. The standard InChI is InChI=1S/C5H3N5/c6-1-4-2-9-5(8)10(4)3-7/h2H,(H2,8,9). The maximum absolute atomic E-state index is 8.36. The number of nitrogen functional groups attached to an aromatic ring is 1. The molecular weight excluding hydrogens is 130 g/mol. The van der Waals surface area contributed by atoms with Crippen molar-refractivity contribution in [3.8, 4) is 12.3 Å². The Labute approximate surface area is 56.9 Å². The first-order chi connectivity index (χ1) is 4.79. The van der Waals surface area contributed by atoms with Gasteiger partial charge in [0.25, 0.3) is 0 Å². The number of nitrogens with two attached hydrogens (primary N) is 1. The molecule has 0 aliphatic rings. The van der Waals surface area contributed by atoms with Crippen molar-refractivity contribution >= 4 is 5.95 Å². The maximum atomic E-state index is 8.36. The fourth-order valence-electron chi connectivity index (χ4n) is 0.550. The van der Waals surface area contributed by atoms with Crippen molar-refractivity contribution in [2.45, 2.75) is 0 Å². The molecule has 0 unspecified atom stereocenters. The minimum absolute atomic E-state index is 0.0408. The van der Waals surface area contributed by atoms with E-state index < -0.39 is 0 Å². The van der Waals surface area contributed by atoms with Gasteiger partial charge in [-0.3, -0.25) is 0 Å². The SMILES string of the molecule is N#Cc1cnc(N)n1C#N. The maximum Gasteiger partial charge on any atom is 0.215 e. The van der Waals surface area contributed by atoms with Gasteiger partial charge in [-0.1, -0.05) is 0 Å². The van der Waals surface area contributed by atoms with E-state index in [9.17, 15) is 0 Å². The van der Waals surface area contributed by atoms with E-state index in [0.29, 0.717) is 0 Å². The van der Waals surface area contributed by atoms with E-state index >= 15 is 0 Å². The first-order valence-electron chi connectivity index (χ1n) is 2.43. The van der Waals surface area contributed by atoms with Gasteiger partial charge < -0.3 is 5.73 Å². The van der Waals surface area contributed by atoms with Gasteiger partial charge in [0.1, 0.15) is 6.07 Å². The van der Waals surface area contributed by atoms with E-state index in [0.717, 1.165) is 4.57 Å². The third-order valence-corrected chi connectivity index (χ3v) is 1.00. The zero-order chi connectivity index (χ0) is 7.56. The Bertz CT molecular complexity index is 323. The molecule has 0 saturated carbocycles. The highest BCUT2D eigenvalue weighted by Crippen LogP contribution is 2.01. The molecule has 0 aliphatic heterocycles. The Morgan fingerprint density at radius 2 is 2.30 bits per heavy atom. The summed E-state index contributed by atoms with van der Waals surface area (Å²) in [6, 6.07) is 1.77. The molecule has 10 heavy (non-hydrogen) atoms. The van der Waals surface area contributed by atoms with Gasteiger partial charge in [-0.05, 0) is 0 Å². The van der Waals surface area contributed by atoms with Gasteiger partial charge in [0.2, 0.25) is 5.95 Å². The van der Waals surface area contributed by atoms with Crippen LogP contribution in [-0.4, -0.2) is 9.55 Å². The van der Waals surface area contributed by atoms with Crippen LogP contribution in [0.4, 0.5) is 5.95 Å². The normalized spacial score (nSPS) is 8.20. The van der Waals surface area contributed by atoms with Crippen molar-refractivity contribution in [2.75, 3.05) is 5.73 Å². The second-order valence-electron chi connectivity index (χ2n) is 1.55. The summed E-state index contributed by atoms with van der Waals surface area (Å²) in [5, 5.41) is 16.7. The number of nitriles is 2. The molecule has 0 amide bonds. The summed E-state index contributed by atoms with van der Waals surface area (Å²) in [5.41, 5.74) is 5.36. The minimum atomic E-state index is 0.0408. The van der Waals surface area contributed by atoms with Crippen LogP contribution in [0, 0.1) is 22.8 Å².